The third kappa shape index (κ3) is 3.12. The summed E-state index contributed by atoms with van der Waals surface area (Å²) >= 11 is 0. The Labute approximate surface area is 103 Å². The first-order valence-electron chi connectivity index (χ1n) is 5.65. The molecule has 0 saturated carbocycles. The average molecular weight is 267 g/mol. The highest BCUT2D eigenvalue weighted by molar-refractivity contribution is 5.92. The van der Waals surface area contributed by atoms with Crippen LogP contribution in [-0.4, -0.2) is 60.0 Å². The molecule has 0 aromatic carbocycles. The van der Waals surface area contributed by atoms with Crippen LogP contribution in [0, 0.1) is 0 Å². The Morgan fingerprint density at radius 3 is 2.33 bits per heavy atom. The Bertz CT molecular complexity index is 333. The SMILES string of the molecule is CCCN1CC(=O)N(C(CN)C(F)(F)F)CC1=O. The van der Waals surface area contributed by atoms with E-state index in [0.29, 0.717) is 17.9 Å². The average Bonchev–Trinajstić information content (AvgIpc) is 2.24. The standard InChI is InChI=1S/C10H16F3N3O2/c1-2-3-15-5-9(18)16(6-8(15)17)7(4-14)10(11,12)13/h7H,2-6,14H2,1H3. The molecular formula is C10H16F3N3O2. The molecule has 0 radical (unpaired) electrons. The number of alkyl halides is 3. The smallest absolute Gasteiger partial charge is 0.332 e. The number of nitrogens with two attached hydrogens (primary N) is 1. The van der Waals surface area contributed by atoms with Gasteiger partial charge in [-0.2, -0.15) is 13.2 Å². The molecule has 8 heteroatoms. The van der Waals surface area contributed by atoms with E-state index in [9.17, 15) is 22.8 Å². The lowest BCUT2D eigenvalue weighted by atomic mass is 10.2. The van der Waals surface area contributed by atoms with Gasteiger partial charge in [0.05, 0.1) is 6.54 Å². The summed E-state index contributed by atoms with van der Waals surface area (Å²) in [5.74, 6) is -1.19. The number of amides is 2. The van der Waals surface area contributed by atoms with E-state index in [1.165, 1.54) is 4.90 Å². The monoisotopic (exact) mass is 267 g/mol. The lowest BCUT2D eigenvalue weighted by molar-refractivity contribution is -0.192. The molecule has 1 aliphatic heterocycles. The minimum absolute atomic E-state index is 0.306. The van der Waals surface area contributed by atoms with Gasteiger partial charge in [-0.05, 0) is 6.42 Å². The molecule has 0 aromatic rings. The van der Waals surface area contributed by atoms with Gasteiger partial charge in [-0.1, -0.05) is 6.92 Å². The minimum Gasteiger partial charge on any atom is -0.332 e. The van der Waals surface area contributed by atoms with E-state index in [1.54, 1.807) is 0 Å². The number of piperazine rings is 1. The molecule has 1 saturated heterocycles. The molecule has 2 amide bonds. The minimum atomic E-state index is -4.61. The second-order valence-corrected chi connectivity index (χ2v) is 4.13. The zero-order valence-corrected chi connectivity index (χ0v) is 10.0. The first-order valence-corrected chi connectivity index (χ1v) is 5.65. The largest absolute Gasteiger partial charge is 0.410 e. The van der Waals surface area contributed by atoms with E-state index in [1.807, 2.05) is 6.92 Å². The van der Waals surface area contributed by atoms with E-state index >= 15 is 0 Å². The predicted octanol–water partition coefficient (Wildman–Crippen LogP) is -0.0432. The van der Waals surface area contributed by atoms with Crippen molar-refractivity contribution in [1.82, 2.24) is 9.80 Å². The van der Waals surface area contributed by atoms with Crippen LogP contribution in [0.15, 0.2) is 0 Å². The van der Waals surface area contributed by atoms with Gasteiger partial charge in [0, 0.05) is 13.1 Å². The number of halogens is 3. The summed E-state index contributed by atoms with van der Waals surface area (Å²) in [6.07, 6.45) is -3.96. The predicted molar refractivity (Wildman–Crippen MR) is 57.5 cm³/mol. The molecule has 1 unspecified atom stereocenters. The van der Waals surface area contributed by atoms with Crippen molar-refractivity contribution < 1.29 is 22.8 Å². The summed E-state index contributed by atoms with van der Waals surface area (Å²) in [6.45, 7) is 0.593. The molecule has 1 rings (SSSR count). The molecule has 1 fully saturated rings. The summed E-state index contributed by atoms with van der Waals surface area (Å²) in [5, 5.41) is 0. The third-order valence-corrected chi connectivity index (χ3v) is 2.78. The lowest BCUT2D eigenvalue weighted by Gasteiger charge is -2.38. The number of carbonyl (C=O) groups is 2. The number of carbonyl (C=O) groups excluding carboxylic acids is 2. The Morgan fingerprint density at radius 2 is 1.89 bits per heavy atom. The highest BCUT2D eigenvalue weighted by atomic mass is 19.4. The summed E-state index contributed by atoms with van der Waals surface area (Å²) < 4.78 is 38.0. The van der Waals surface area contributed by atoms with E-state index < -0.39 is 37.1 Å². The molecule has 0 aromatic heterocycles. The van der Waals surface area contributed by atoms with Crippen molar-refractivity contribution in [2.75, 3.05) is 26.2 Å². The van der Waals surface area contributed by atoms with E-state index in [4.69, 9.17) is 5.73 Å². The highest BCUT2D eigenvalue weighted by Crippen LogP contribution is 2.25. The van der Waals surface area contributed by atoms with Crippen LogP contribution >= 0.6 is 0 Å². The van der Waals surface area contributed by atoms with Crippen molar-refractivity contribution in [3.05, 3.63) is 0 Å². The summed E-state index contributed by atoms with van der Waals surface area (Å²) in [6, 6.07) is -2.09. The van der Waals surface area contributed by atoms with Crippen LogP contribution in [0.2, 0.25) is 0 Å². The van der Waals surface area contributed by atoms with Crippen LogP contribution < -0.4 is 5.73 Å². The van der Waals surface area contributed by atoms with Crippen molar-refractivity contribution in [2.24, 2.45) is 5.73 Å². The zero-order valence-electron chi connectivity index (χ0n) is 10.0. The Kier molecular flexibility index (Phi) is 4.55. The Morgan fingerprint density at radius 1 is 1.28 bits per heavy atom. The summed E-state index contributed by atoms with van der Waals surface area (Å²) in [5.41, 5.74) is 5.05. The molecule has 104 valence electrons. The molecule has 0 spiro atoms. The second kappa shape index (κ2) is 5.55. The molecule has 5 nitrogen and oxygen atoms in total. The normalized spacial score (nSPS) is 19.4. The fraction of sp³-hybridized carbons (Fsp3) is 0.800. The van der Waals surface area contributed by atoms with Gasteiger partial charge in [-0.3, -0.25) is 9.59 Å². The Hall–Kier alpha value is -1.31. The number of nitrogens with zero attached hydrogens (tertiary/aromatic N) is 2. The van der Waals surface area contributed by atoms with Gasteiger partial charge in [0.2, 0.25) is 11.8 Å². The number of hydrogen-bond acceptors (Lipinski definition) is 3. The highest BCUT2D eigenvalue weighted by Gasteiger charge is 2.47. The zero-order chi connectivity index (χ0) is 13.9. The molecule has 18 heavy (non-hydrogen) atoms. The molecule has 2 N–H and O–H groups in total. The molecule has 0 bridgehead atoms. The van der Waals surface area contributed by atoms with Crippen molar-refractivity contribution in [3.8, 4) is 0 Å². The summed E-state index contributed by atoms with van der Waals surface area (Å²) in [7, 11) is 0. The van der Waals surface area contributed by atoms with Gasteiger partial charge in [-0.25, -0.2) is 0 Å². The maximum atomic E-state index is 12.7. The van der Waals surface area contributed by atoms with E-state index in [-0.39, 0.29) is 6.54 Å². The van der Waals surface area contributed by atoms with Gasteiger partial charge in [0.25, 0.3) is 0 Å². The fourth-order valence-electron chi connectivity index (χ4n) is 1.87. The molecule has 1 atom stereocenters. The fourth-order valence-corrected chi connectivity index (χ4v) is 1.87. The van der Waals surface area contributed by atoms with Crippen LogP contribution in [-0.2, 0) is 9.59 Å². The van der Waals surface area contributed by atoms with Gasteiger partial charge < -0.3 is 15.5 Å². The molecule has 1 heterocycles. The van der Waals surface area contributed by atoms with E-state index in [0.717, 1.165) is 0 Å². The van der Waals surface area contributed by atoms with Gasteiger partial charge in [0.1, 0.15) is 12.6 Å². The topological polar surface area (TPSA) is 66.6 Å². The first kappa shape index (κ1) is 14.7. The van der Waals surface area contributed by atoms with Gasteiger partial charge in [-0.15, -0.1) is 0 Å². The first-order chi connectivity index (χ1) is 8.31. The lowest BCUT2D eigenvalue weighted by Crippen LogP contribution is -2.61. The van der Waals surface area contributed by atoms with Crippen molar-refractivity contribution in [1.29, 1.82) is 0 Å². The molecule has 0 aliphatic carbocycles. The number of rotatable bonds is 4. The molecule has 1 aliphatic rings. The number of hydrogen-bond donors (Lipinski definition) is 1. The third-order valence-electron chi connectivity index (χ3n) is 2.78. The summed E-state index contributed by atoms with van der Waals surface area (Å²) in [4.78, 5) is 25.0. The van der Waals surface area contributed by atoms with Crippen molar-refractivity contribution in [2.45, 2.75) is 25.6 Å². The van der Waals surface area contributed by atoms with Gasteiger partial charge >= 0.3 is 6.18 Å². The van der Waals surface area contributed by atoms with Crippen molar-refractivity contribution >= 4 is 11.8 Å². The van der Waals surface area contributed by atoms with Crippen LogP contribution in [0.5, 0.6) is 0 Å². The van der Waals surface area contributed by atoms with Crippen LogP contribution in [0.4, 0.5) is 13.2 Å². The van der Waals surface area contributed by atoms with Gasteiger partial charge in [0.15, 0.2) is 0 Å². The van der Waals surface area contributed by atoms with Crippen LogP contribution in [0.25, 0.3) is 0 Å². The quantitative estimate of drug-likeness (QED) is 0.777. The second-order valence-electron chi connectivity index (χ2n) is 4.13. The maximum absolute atomic E-state index is 12.7. The van der Waals surface area contributed by atoms with Crippen LogP contribution in [0.3, 0.4) is 0 Å². The molecular weight excluding hydrogens is 251 g/mol. The van der Waals surface area contributed by atoms with E-state index in [2.05, 4.69) is 0 Å². The van der Waals surface area contributed by atoms with Crippen LogP contribution in [0.1, 0.15) is 13.3 Å². The Balaban J connectivity index is 2.81. The van der Waals surface area contributed by atoms with Crippen molar-refractivity contribution in [3.63, 3.8) is 0 Å². The maximum Gasteiger partial charge on any atom is 0.410 e.